The van der Waals surface area contributed by atoms with Crippen molar-refractivity contribution in [1.82, 2.24) is 9.97 Å². The molecule has 17 heavy (non-hydrogen) atoms. The fraction of sp³-hybridized carbons (Fsp3) is 0.667. The van der Waals surface area contributed by atoms with E-state index in [1.807, 2.05) is 0 Å². The summed E-state index contributed by atoms with van der Waals surface area (Å²) >= 11 is 0. The zero-order valence-corrected chi connectivity index (χ0v) is 10.0. The molecule has 0 bridgehead atoms. The molecule has 1 aromatic heterocycles. The first kappa shape index (κ1) is 12.3. The topological polar surface area (TPSA) is 64.5 Å². The van der Waals surface area contributed by atoms with Gasteiger partial charge in [0.25, 0.3) is 0 Å². The molecule has 5 nitrogen and oxygen atoms in total. The second-order valence-corrected chi connectivity index (χ2v) is 4.28. The van der Waals surface area contributed by atoms with Crippen LogP contribution in [0.2, 0.25) is 0 Å². The normalized spacial score (nSPS) is 24.6. The smallest absolute Gasteiger partial charge is 0.222 e. The van der Waals surface area contributed by atoms with Crippen LogP contribution in [0.25, 0.3) is 0 Å². The van der Waals surface area contributed by atoms with E-state index in [9.17, 15) is 0 Å². The summed E-state index contributed by atoms with van der Waals surface area (Å²) in [6.45, 7) is -0.101. The van der Waals surface area contributed by atoms with E-state index >= 15 is 0 Å². The standard InChI is InChI=1S/C12H18N2O3/c1-16-10-3-2-4-11(5-10)17-12-9(7-15)6-13-8-14-12/h6,8,10-11,15H,2-5,7H2,1H3. The SMILES string of the molecule is COC1CCCC(Oc2ncncc2CO)C1. The van der Waals surface area contributed by atoms with E-state index in [2.05, 4.69) is 9.97 Å². The van der Waals surface area contributed by atoms with Gasteiger partial charge in [-0.3, -0.25) is 0 Å². The lowest BCUT2D eigenvalue weighted by atomic mass is 9.95. The Balaban J connectivity index is 2.00. The summed E-state index contributed by atoms with van der Waals surface area (Å²) in [5.74, 6) is 0.490. The maximum atomic E-state index is 9.16. The number of rotatable bonds is 4. The van der Waals surface area contributed by atoms with Crippen molar-refractivity contribution in [3.8, 4) is 5.88 Å². The van der Waals surface area contributed by atoms with Crippen molar-refractivity contribution in [3.05, 3.63) is 18.1 Å². The monoisotopic (exact) mass is 238 g/mol. The van der Waals surface area contributed by atoms with Gasteiger partial charge in [-0.15, -0.1) is 0 Å². The summed E-state index contributed by atoms with van der Waals surface area (Å²) in [5.41, 5.74) is 0.632. The van der Waals surface area contributed by atoms with Crippen molar-refractivity contribution < 1.29 is 14.6 Å². The molecule has 0 spiro atoms. The van der Waals surface area contributed by atoms with E-state index in [4.69, 9.17) is 14.6 Å². The highest BCUT2D eigenvalue weighted by molar-refractivity contribution is 5.21. The van der Waals surface area contributed by atoms with Crippen LogP contribution in [0, 0.1) is 0 Å². The van der Waals surface area contributed by atoms with Crippen molar-refractivity contribution in [2.45, 2.75) is 44.5 Å². The molecule has 5 heteroatoms. The van der Waals surface area contributed by atoms with Crippen LogP contribution in [0.3, 0.4) is 0 Å². The molecule has 1 aliphatic rings. The van der Waals surface area contributed by atoms with Gasteiger partial charge in [-0.2, -0.15) is 0 Å². The van der Waals surface area contributed by atoms with Crippen LogP contribution in [0.15, 0.2) is 12.5 Å². The molecular formula is C12H18N2O3. The van der Waals surface area contributed by atoms with E-state index in [1.165, 1.54) is 6.33 Å². The Morgan fingerprint density at radius 2 is 2.24 bits per heavy atom. The Labute approximate surface area is 101 Å². The largest absolute Gasteiger partial charge is 0.474 e. The highest BCUT2D eigenvalue weighted by atomic mass is 16.5. The van der Waals surface area contributed by atoms with Crippen LogP contribution in [0.1, 0.15) is 31.2 Å². The first-order valence-electron chi connectivity index (χ1n) is 5.92. The van der Waals surface area contributed by atoms with Gasteiger partial charge in [0.15, 0.2) is 0 Å². The Kier molecular flexibility index (Phi) is 4.28. The van der Waals surface area contributed by atoms with E-state index in [-0.39, 0.29) is 18.8 Å². The highest BCUT2D eigenvalue weighted by Crippen LogP contribution is 2.25. The van der Waals surface area contributed by atoms with E-state index in [0.29, 0.717) is 11.4 Å². The minimum atomic E-state index is -0.101. The van der Waals surface area contributed by atoms with Gasteiger partial charge in [0.05, 0.1) is 18.3 Å². The number of aliphatic hydroxyl groups excluding tert-OH is 1. The highest BCUT2D eigenvalue weighted by Gasteiger charge is 2.24. The molecule has 0 saturated heterocycles. The van der Waals surface area contributed by atoms with Crippen molar-refractivity contribution in [1.29, 1.82) is 0 Å². The van der Waals surface area contributed by atoms with Gasteiger partial charge in [0, 0.05) is 19.7 Å². The fourth-order valence-corrected chi connectivity index (χ4v) is 2.14. The molecule has 1 aliphatic carbocycles. The zero-order chi connectivity index (χ0) is 12.1. The van der Waals surface area contributed by atoms with Crippen LogP contribution in [-0.2, 0) is 11.3 Å². The molecular weight excluding hydrogens is 220 g/mol. The van der Waals surface area contributed by atoms with Crippen LogP contribution in [-0.4, -0.2) is 34.4 Å². The average molecular weight is 238 g/mol. The summed E-state index contributed by atoms with van der Waals surface area (Å²) in [5, 5.41) is 9.16. The quantitative estimate of drug-likeness (QED) is 0.856. The molecule has 0 aromatic carbocycles. The number of nitrogens with zero attached hydrogens (tertiary/aromatic N) is 2. The second kappa shape index (κ2) is 5.93. The van der Waals surface area contributed by atoms with E-state index < -0.39 is 0 Å². The summed E-state index contributed by atoms with van der Waals surface area (Å²) in [6, 6.07) is 0. The van der Waals surface area contributed by atoms with Crippen molar-refractivity contribution in [2.24, 2.45) is 0 Å². The van der Waals surface area contributed by atoms with Gasteiger partial charge < -0.3 is 14.6 Å². The van der Waals surface area contributed by atoms with Gasteiger partial charge in [0.1, 0.15) is 12.4 Å². The first-order chi connectivity index (χ1) is 8.33. The van der Waals surface area contributed by atoms with Gasteiger partial charge in [-0.05, 0) is 19.3 Å². The molecule has 1 saturated carbocycles. The Bertz CT molecular complexity index is 359. The molecule has 1 heterocycles. The Morgan fingerprint density at radius 3 is 3.00 bits per heavy atom. The Hall–Kier alpha value is -1.20. The average Bonchev–Trinajstić information content (AvgIpc) is 2.39. The van der Waals surface area contributed by atoms with E-state index in [0.717, 1.165) is 25.7 Å². The minimum absolute atomic E-state index is 0.101. The minimum Gasteiger partial charge on any atom is -0.474 e. The number of hydrogen-bond acceptors (Lipinski definition) is 5. The summed E-state index contributed by atoms with van der Waals surface area (Å²) in [4.78, 5) is 7.92. The van der Waals surface area contributed by atoms with Crippen LogP contribution < -0.4 is 4.74 Å². The molecule has 0 amide bonds. The zero-order valence-electron chi connectivity index (χ0n) is 10.0. The number of aliphatic hydroxyl groups is 1. The van der Waals surface area contributed by atoms with Gasteiger partial charge in [0.2, 0.25) is 5.88 Å². The van der Waals surface area contributed by atoms with Gasteiger partial charge in [-0.1, -0.05) is 0 Å². The molecule has 1 N–H and O–H groups in total. The molecule has 0 aliphatic heterocycles. The van der Waals surface area contributed by atoms with Crippen molar-refractivity contribution in [3.63, 3.8) is 0 Å². The summed E-state index contributed by atoms with van der Waals surface area (Å²) < 4.78 is 11.2. The van der Waals surface area contributed by atoms with Crippen LogP contribution in [0.4, 0.5) is 0 Å². The fourth-order valence-electron chi connectivity index (χ4n) is 2.14. The molecule has 94 valence electrons. The number of aromatic nitrogens is 2. The van der Waals surface area contributed by atoms with Crippen LogP contribution in [0.5, 0.6) is 5.88 Å². The second-order valence-electron chi connectivity index (χ2n) is 4.28. The Morgan fingerprint density at radius 1 is 1.41 bits per heavy atom. The predicted octanol–water partition coefficient (Wildman–Crippen LogP) is 1.31. The summed E-state index contributed by atoms with van der Waals surface area (Å²) in [6.07, 6.45) is 7.49. The molecule has 1 fully saturated rings. The molecule has 1 aromatic rings. The maximum Gasteiger partial charge on any atom is 0.222 e. The predicted molar refractivity (Wildman–Crippen MR) is 61.6 cm³/mol. The third-order valence-corrected chi connectivity index (χ3v) is 3.11. The molecule has 2 rings (SSSR count). The molecule has 2 unspecified atom stereocenters. The summed E-state index contributed by atoms with van der Waals surface area (Å²) in [7, 11) is 1.73. The third kappa shape index (κ3) is 3.14. The van der Waals surface area contributed by atoms with Crippen molar-refractivity contribution in [2.75, 3.05) is 7.11 Å². The lowest BCUT2D eigenvalue weighted by molar-refractivity contribution is 0.0187. The first-order valence-corrected chi connectivity index (χ1v) is 5.92. The van der Waals surface area contributed by atoms with E-state index in [1.54, 1.807) is 13.3 Å². The lowest BCUT2D eigenvalue weighted by Crippen LogP contribution is -2.30. The number of hydrogen-bond donors (Lipinski definition) is 1. The number of ether oxygens (including phenoxy) is 2. The molecule has 2 atom stereocenters. The maximum absolute atomic E-state index is 9.16. The van der Waals surface area contributed by atoms with Gasteiger partial charge in [-0.25, -0.2) is 9.97 Å². The lowest BCUT2D eigenvalue weighted by Gasteiger charge is -2.28. The number of methoxy groups -OCH3 is 1. The molecule has 0 radical (unpaired) electrons. The van der Waals surface area contributed by atoms with Crippen molar-refractivity contribution >= 4 is 0 Å². The third-order valence-electron chi connectivity index (χ3n) is 3.11. The van der Waals surface area contributed by atoms with Crippen LogP contribution >= 0.6 is 0 Å². The van der Waals surface area contributed by atoms with Gasteiger partial charge >= 0.3 is 0 Å².